The molecule has 2 N–H and O–H groups in total. The summed E-state index contributed by atoms with van der Waals surface area (Å²) in [5, 5.41) is 5.75. The van der Waals surface area contributed by atoms with Crippen molar-refractivity contribution < 1.29 is 13.2 Å². The van der Waals surface area contributed by atoms with Crippen molar-refractivity contribution in [2.75, 3.05) is 17.7 Å². The van der Waals surface area contributed by atoms with Gasteiger partial charge in [-0.25, -0.2) is 4.98 Å². The lowest BCUT2D eigenvalue weighted by molar-refractivity contribution is -0.137. The van der Waals surface area contributed by atoms with Gasteiger partial charge in [-0.15, -0.1) is 0 Å². The summed E-state index contributed by atoms with van der Waals surface area (Å²) < 4.78 is 37.3. The van der Waals surface area contributed by atoms with Crippen LogP contribution in [-0.2, 0) is 6.18 Å². The SMILES string of the molecule is CNc1nc(C)cc(Nc2ccc(C(F)(F)F)cc2)n1. The van der Waals surface area contributed by atoms with Crippen molar-refractivity contribution in [2.45, 2.75) is 13.1 Å². The fourth-order valence-electron chi connectivity index (χ4n) is 1.63. The van der Waals surface area contributed by atoms with E-state index >= 15 is 0 Å². The molecule has 0 saturated carbocycles. The van der Waals surface area contributed by atoms with Crippen molar-refractivity contribution in [2.24, 2.45) is 0 Å². The van der Waals surface area contributed by atoms with Crippen LogP contribution in [0.5, 0.6) is 0 Å². The Labute approximate surface area is 114 Å². The second kappa shape index (κ2) is 5.36. The van der Waals surface area contributed by atoms with Crippen LogP contribution in [0.15, 0.2) is 30.3 Å². The molecule has 4 nitrogen and oxygen atoms in total. The number of halogens is 3. The lowest BCUT2D eigenvalue weighted by atomic mass is 10.2. The molecule has 1 aromatic heterocycles. The van der Waals surface area contributed by atoms with Crippen LogP contribution in [0, 0.1) is 6.92 Å². The minimum absolute atomic E-state index is 0.444. The van der Waals surface area contributed by atoms with Crippen LogP contribution in [-0.4, -0.2) is 17.0 Å². The zero-order valence-corrected chi connectivity index (χ0v) is 10.9. The van der Waals surface area contributed by atoms with Gasteiger partial charge in [0.15, 0.2) is 0 Å². The standard InChI is InChI=1S/C13H13F3N4/c1-8-7-11(20-12(17-2)18-8)19-10-5-3-9(4-6-10)13(14,15)16/h3-7H,1-2H3,(H2,17,18,19,20). The molecule has 0 aliphatic rings. The second-order valence-electron chi connectivity index (χ2n) is 4.17. The van der Waals surface area contributed by atoms with Gasteiger partial charge < -0.3 is 10.6 Å². The number of hydrogen-bond acceptors (Lipinski definition) is 4. The normalized spacial score (nSPS) is 11.2. The number of benzene rings is 1. The van der Waals surface area contributed by atoms with E-state index in [0.29, 0.717) is 17.5 Å². The van der Waals surface area contributed by atoms with E-state index in [9.17, 15) is 13.2 Å². The molecule has 0 unspecified atom stereocenters. The van der Waals surface area contributed by atoms with Gasteiger partial charge in [0.1, 0.15) is 5.82 Å². The molecule has 0 atom stereocenters. The third-order valence-corrected chi connectivity index (χ3v) is 2.56. The number of alkyl halides is 3. The molecule has 1 heterocycles. The summed E-state index contributed by atoms with van der Waals surface area (Å²) in [6, 6.07) is 6.47. The minimum Gasteiger partial charge on any atom is -0.357 e. The van der Waals surface area contributed by atoms with Gasteiger partial charge in [0.2, 0.25) is 5.95 Å². The Morgan fingerprint density at radius 1 is 1.05 bits per heavy atom. The van der Waals surface area contributed by atoms with Gasteiger partial charge in [-0.3, -0.25) is 0 Å². The zero-order valence-electron chi connectivity index (χ0n) is 10.9. The summed E-state index contributed by atoms with van der Waals surface area (Å²) in [6.07, 6.45) is -4.33. The molecule has 0 bridgehead atoms. The summed E-state index contributed by atoms with van der Waals surface area (Å²) in [7, 11) is 1.69. The molecule has 0 amide bonds. The summed E-state index contributed by atoms with van der Waals surface area (Å²) >= 11 is 0. The van der Waals surface area contributed by atoms with Crippen LogP contribution in [0.1, 0.15) is 11.3 Å². The molecule has 0 fully saturated rings. The molecule has 106 valence electrons. The Morgan fingerprint density at radius 2 is 1.70 bits per heavy atom. The fourth-order valence-corrected chi connectivity index (χ4v) is 1.63. The molecule has 0 aliphatic carbocycles. The van der Waals surface area contributed by atoms with Gasteiger partial charge in [-0.1, -0.05) is 0 Å². The highest BCUT2D eigenvalue weighted by molar-refractivity contribution is 5.58. The van der Waals surface area contributed by atoms with Gasteiger partial charge in [0, 0.05) is 24.5 Å². The van der Waals surface area contributed by atoms with Gasteiger partial charge >= 0.3 is 6.18 Å². The lowest BCUT2D eigenvalue weighted by Gasteiger charge is -2.10. The van der Waals surface area contributed by atoms with Gasteiger partial charge in [0.05, 0.1) is 5.56 Å². The highest BCUT2D eigenvalue weighted by Crippen LogP contribution is 2.30. The van der Waals surface area contributed by atoms with Crippen LogP contribution in [0.3, 0.4) is 0 Å². The first-order valence-corrected chi connectivity index (χ1v) is 5.86. The molecule has 7 heteroatoms. The van der Waals surface area contributed by atoms with E-state index < -0.39 is 11.7 Å². The molecule has 2 rings (SSSR count). The first-order valence-electron chi connectivity index (χ1n) is 5.86. The van der Waals surface area contributed by atoms with E-state index in [1.165, 1.54) is 12.1 Å². The zero-order chi connectivity index (χ0) is 14.8. The van der Waals surface area contributed by atoms with Crippen molar-refractivity contribution in [1.29, 1.82) is 0 Å². The summed E-state index contributed by atoms with van der Waals surface area (Å²) in [5.74, 6) is 0.959. The van der Waals surface area contributed by atoms with Crippen LogP contribution < -0.4 is 10.6 Å². The van der Waals surface area contributed by atoms with E-state index in [2.05, 4.69) is 20.6 Å². The topological polar surface area (TPSA) is 49.8 Å². The molecule has 1 aromatic carbocycles. The fraction of sp³-hybridized carbons (Fsp3) is 0.231. The highest BCUT2D eigenvalue weighted by atomic mass is 19.4. The molecule has 0 radical (unpaired) electrons. The maximum atomic E-state index is 12.4. The summed E-state index contributed by atoms with van der Waals surface area (Å²) in [5.41, 5.74) is 0.592. The van der Waals surface area contributed by atoms with Crippen molar-refractivity contribution >= 4 is 17.5 Å². The Morgan fingerprint density at radius 3 is 2.25 bits per heavy atom. The summed E-state index contributed by atoms with van der Waals surface area (Å²) in [4.78, 5) is 8.29. The summed E-state index contributed by atoms with van der Waals surface area (Å²) in [6.45, 7) is 1.81. The molecule has 2 aromatic rings. The Hall–Kier alpha value is -2.31. The minimum atomic E-state index is -4.33. The average molecular weight is 282 g/mol. The average Bonchev–Trinajstić information content (AvgIpc) is 2.37. The van der Waals surface area contributed by atoms with Crippen LogP contribution in [0.25, 0.3) is 0 Å². The molecule has 20 heavy (non-hydrogen) atoms. The number of nitrogens with zero attached hydrogens (tertiary/aromatic N) is 2. The highest BCUT2D eigenvalue weighted by Gasteiger charge is 2.29. The van der Waals surface area contributed by atoms with Crippen molar-refractivity contribution in [3.8, 4) is 0 Å². The maximum Gasteiger partial charge on any atom is 0.416 e. The largest absolute Gasteiger partial charge is 0.416 e. The third-order valence-electron chi connectivity index (χ3n) is 2.56. The Bertz CT molecular complexity index is 594. The first-order chi connectivity index (χ1) is 9.38. The van der Waals surface area contributed by atoms with Crippen LogP contribution in [0.4, 0.5) is 30.6 Å². The molecule has 0 saturated heterocycles. The first kappa shape index (κ1) is 14.1. The van der Waals surface area contributed by atoms with Crippen molar-refractivity contribution in [3.05, 3.63) is 41.6 Å². The third kappa shape index (κ3) is 3.37. The number of rotatable bonds is 3. The number of hydrogen-bond donors (Lipinski definition) is 2. The predicted molar refractivity (Wildman–Crippen MR) is 71.0 cm³/mol. The Kier molecular flexibility index (Phi) is 3.78. The quantitative estimate of drug-likeness (QED) is 0.903. The monoisotopic (exact) mass is 282 g/mol. The smallest absolute Gasteiger partial charge is 0.357 e. The van der Waals surface area contributed by atoms with Crippen molar-refractivity contribution in [1.82, 2.24) is 9.97 Å². The number of anilines is 3. The molecule has 0 spiro atoms. The predicted octanol–water partition coefficient (Wildman–Crippen LogP) is 3.59. The number of aromatic nitrogens is 2. The van der Waals surface area contributed by atoms with Crippen LogP contribution in [0.2, 0.25) is 0 Å². The van der Waals surface area contributed by atoms with E-state index in [4.69, 9.17) is 0 Å². The van der Waals surface area contributed by atoms with E-state index in [0.717, 1.165) is 17.8 Å². The van der Waals surface area contributed by atoms with E-state index in [-0.39, 0.29) is 0 Å². The Balaban J connectivity index is 2.20. The molecule has 0 aliphatic heterocycles. The van der Waals surface area contributed by atoms with Gasteiger partial charge in [-0.2, -0.15) is 18.2 Å². The lowest BCUT2D eigenvalue weighted by Crippen LogP contribution is -2.05. The molecular formula is C13H13F3N4. The van der Waals surface area contributed by atoms with Gasteiger partial charge in [0.25, 0.3) is 0 Å². The van der Waals surface area contributed by atoms with Crippen LogP contribution >= 0.6 is 0 Å². The van der Waals surface area contributed by atoms with E-state index in [1.54, 1.807) is 20.0 Å². The van der Waals surface area contributed by atoms with Gasteiger partial charge in [-0.05, 0) is 31.2 Å². The number of aryl methyl sites for hydroxylation is 1. The number of nitrogens with one attached hydrogen (secondary N) is 2. The second-order valence-corrected chi connectivity index (χ2v) is 4.17. The maximum absolute atomic E-state index is 12.4. The van der Waals surface area contributed by atoms with Crippen molar-refractivity contribution in [3.63, 3.8) is 0 Å². The van der Waals surface area contributed by atoms with E-state index in [1.807, 2.05) is 0 Å². The molecular weight excluding hydrogens is 269 g/mol.